The van der Waals surface area contributed by atoms with Crippen LogP contribution in [0.5, 0.6) is 0 Å². The van der Waals surface area contributed by atoms with Crippen LogP contribution in [0.2, 0.25) is 0 Å². The molecule has 2 fully saturated rings. The monoisotopic (exact) mass is 440 g/mol. The van der Waals surface area contributed by atoms with E-state index in [1.54, 1.807) is 11.1 Å². The van der Waals surface area contributed by atoms with Crippen LogP contribution in [0.1, 0.15) is 122 Å². The Labute approximate surface area is 202 Å². The third-order valence-corrected chi connectivity index (χ3v) is 10.8. The third-order valence-electron chi connectivity index (χ3n) is 10.8. The average Bonchev–Trinajstić information content (AvgIpc) is 2.99. The van der Waals surface area contributed by atoms with Crippen LogP contribution in [0, 0.1) is 5.41 Å². The summed E-state index contributed by atoms with van der Waals surface area (Å²) in [5, 5.41) is 0. The average molecular weight is 441 g/mol. The maximum absolute atomic E-state index is 4.26. The van der Waals surface area contributed by atoms with E-state index in [1.165, 1.54) is 59.9 Å². The first-order chi connectivity index (χ1) is 15.5. The number of benzene rings is 2. The van der Waals surface area contributed by atoms with Gasteiger partial charge in [-0.05, 0) is 107 Å². The SMILES string of the molecule is C=C(C)CC(C)(CC)c1ccc2c(c1)C1CCC3(C)CCC13c1cc(C(C)(C)CC)ccc1-2. The molecule has 33 heavy (non-hydrogen) atoms. The Morgan fingerprint density at radius 2 is 1.64 bits per heavy atom. The Kier molecular flexibility index (Phi) is 5.10. The zero-order valence-corrected chi connectivity index (χ0v) is 22.2. The Bertz CT molecular complexity index is 1120. The van der Waals surface area contributed by atoms with Gasteiger partial charge in [-0.1, -0.05) is 83.5 Å². The van der Waals surface area contributed by atoms with Crippen molar-refractivity contribution < 1.29 is 0 Å². The highest BCUT2D eigenvalue weighted by Gasteiger charge is 2.66. The van der Waals surface area contributed by atoms with Gasteiger partial charge in [0.25, 0.3) is 0 Å². The van der Waals surface area contributed by atoms with E-state index in [2.05, 4.69) is 91.4 Å². The molecule has 0 amide bonds. The predicted molar refractivity (Wildman–Crippen MR) is 143 cm³/mol. The molecule has 2 aromatic carbocycles. The van der Waals surface area contributed by atoms with Gasteiger partial charge in [0.05, 0.1) is 0 Å². The molecule has 0 radical (unpaired) electrons. The van der Waals surface area contributed by atoms with Gasteiger partial charge in [0.15, 0.2) is 0 Å². The summed E-state index contributed by atoms with van der Waals surface area (Å²) in [5.74, 6) is 0.671. The summed E-state index contributed by atoms with van der Waals surface area (Å²) in [7, 11) is 0. The lowest BCUT2D eigenvalue weighted by Gasteiger charge is -2.60. The molecule has 4 atom stereocenters. The van der Waals surface area contributed by atoms with Crippen LogP contribution in [0.3, 0.4) is 0 Å². The van der Waals surface area contributed by atoms with Crippen molar-refractivity contribution in [3.05, 3.63) is 70.8 Å². The molecule has 0 heterocycles. The molecule has 3 aliphatic rings. The number of fused-ring (bicyclic) bond motifs is 4. The van der Waals surface area contributed by atoms with Gasteiger partial charge in [0.2, 0.25) is 0 Å². The van der Waals surface area contributed by atoms with Crippen molar-refractivity contribution in [1.29, 1.82) is 0 Å². The van der Waals surface area contributed by atoms with E-state index < -0.39 is 0 Å². The van der Waals surface area contributed by atoms with Gasteiger partial charge in [-0.3, -0.25) is 0 Å². The molecule has 2 saturated carbocycles. The van der Waals surface area contributed by atoms with Crippen molar-refractivity contribution >= 4 is 0 Å². The van der Waals surface area contributed by atoms with E-state index in [-0.39, 0.29) is 10.8 Å². The van der Waals surface area contributed by atoms with Crippen molar-refractivity contribution in [1.82, 2.24) is 0 Å². The first-order valence-corrected chi connectivity index (χ1v) is 13.5. The molecule has 0 bridgehead atoms. The zero-order valence-electron chi connectivity index (χ0n) is 22.2. The van der Waals surface area contributed by atoms with Gasteiger partial charge in [-0.2, -0.15) is 0 Å². The lowest BCUT2D eigenvalue weighted by atomic mass is 9.44. The molecule has 1 spiro atoms. The van der Waals surface area contributed by atoms with E-state index in [0.717, 1.165) is 12.8 Å². The third kappa shape index (κ3) is 3.01. The fourth-order valence-corrected chi connectivity index (χ4v) is 7.88. The Morgan fingerprint density at radius 3 is 2.24 bits per heavy atom. The van der Waals surface area contributed by atoms with Gasteiger partial charge < -0.3 is 0 Å². The lowest BCUT2D eigenvalue weighted by molar-refractivity contribution is 0.0301. The van der Waals surface area contributed by atoms with E-state index in [4.69, 9.17) is 0 Å². The van der Waals surface area contributed by atoms with E-state index in [1.807, 2.05) is 0 Å². The van der Waals surface area contributed by atoms with Gasteiger partial charge in [0.1, 0.15) is 0 Å². The summed E-state index contributed by atoms with van der Waals surface area (Å²) in [5.41, 5.74) is 11.9. The zero-order chi connectivity index (χ0) is 23.8. The minimum absolute atomic E-state index is 0.171. The summed E-state index contributed by atoms with van der Waals surface area (Å²) in [6, 6.07) is 15.1. The lowest BCUT2D eigenvalue weighted by Crippen LogP contribution is -2.53. The minimum atomic E-state index is 0.171. The summed E-state index contributed by atoms with van der Waals surface area (Å²) < 4.78 is 0. The van der Waals surface area contributed by atoms with Crippen LogP contribution in [0.25, 0.3) is 11.1 Å². The second-order valence-electron chi connectivity index (χ2n) is 13.0. The molecule has 0 aromatic heterocycles. The van der Waals surface area contributed by atoms with Crippen molar-refractivity contribution in [2.75, 3.05) is 0 Å². The van der Waals surface area contributed by atoms with E-state index in [0.29, 0.717) is 16.7 Å². The standard InChI is InChI=1S/C33H44/c1-9-30(5,6)23-11-14-26-25-13-12-24(31(7,10-2)21-22(3)4)19-27(25)28-15-16-32(8)17-18-33(28,32)29(26)20-23/h11-14,19-20,28H,3,9-10,15-18,21H2,1-2,4-8H3. The Hall–Kier alpha value is -1.82. The fourth-order valence-electron chi connectivity index (χ4n) is 7.88. The van der Waals surface area contributed by atoms with Gasteiger partial charge in [-0.15, -0.1) is 6.58 Å². The molecule has 5 rings (SSSR count). The number of allylic oxidation sites excluding steroid dienone is 1. The first-order valence-electron chi connectivity index (χ1n) is 13.5. The van der Waals surface area contributed by atoms with Gasteiger partial charge in [0, 0.05) is 5.41 Å². The molecule has 0 N–H and O–H groups in total. The normalized spacial score (nSPS) is 29.2. The van der Waals surface area contributed by atoms with Crippen molar-refractivity contribution in [2.45, 2.75) is 116 Å². The smallest absolute Gasteiger partial charge is 0.00820 e. The molecule has 0 aliphatic heterocycles. The fraction of sp³-hybridized carbons (Fsp3) is 0.576. The number of hydrogen-bond donors (Lipinski definition) is 0. The summed E-state index contributed by atoms with van der Waals surface area (Å²) in [4.78, 5) is 0. The predicted octanol–water partition coefficient (Wildman–Crippen LogP) is 9.60. The summed E-state index contributed by atoms with van der Waals surface area (Å²) in [6.45, 7) is 21.0. The van der Waals surface area contributed by atoms with E-state index in [9.17, 15) is 0 Å². The highest BCUT2D eigenvalue weighted by Crippen LogP contribution is 2.75. The van der Waals surface area contributed by atoms with Crippen LogP contribution in [-0.4, -0.2) is 0 Å². The van der Waals surface area contributed by atoms with Crippen molar-refractivity contribution in [3.8, 4) is 11.1 Å². The molecule has 2 aromatic rings. The van der Waals surface area contributed by atoms with Crippen LogP contribution >= 0.6 is 0 Å². The first kappa shape index (κ1) is 22.9. The van der Waals surface area contributed by atoms with Crippen molar-refractivity contribution in [2.24, 2.45) is 5.41 Å². The van der Waals surface area contributed by atoms with Gasteiger partial charge >= 0.3 is 0 Å². The van der Waals surface area contributed by atoms with Crippen LogP contribution in [-0.2, 0) is 16.2 Å². The minimum Gasteiger partial charge on any atom is -0.100 e. The molecule has 0 nitrogen and oxygen atoms in total. The second kappa shape index (κ2) is 7.34. The number of rotatable bonds is 6. The highest BCUT2D eigenvalue weighted by molar-refractivity contribution is 5.79. The largest absolute Gasteiger partial charge is 0.100 e. The molecular formula is C33H44. The molecule has 3 aliphatic carbocycles. The van der Waals surface area contributed by atoms with Crippen LogP contribution in [0.15, 0.2) is 48.6 Å². The molecule has 0 saturated heterocycles. The molecule has 0 heteroatoms. The van der Waals surface area contributed by atoms with Crippen LogP contribution in [0.4, 0.5) is 0 Å². The maximum Gasteiger partial charge on any atom is 0.00820 e. The Balaban J connectivity index is 1.73. The van der Waals surface area contributed by atoms with E-state index >= 15 is 0 Å². The highest BCUT2D eigenvalue weighted by atomic mass is 14.7. The summed E-state index contributed by atoms with van der Waals surface area (Å²) >= 11 is 0. The second-order valence-corrected chi connectivity index (χ2v) is 13.0. The topological polar surface area (TPSA) is 0 Å². The van der Waals surface area contributed by atoms with Gasteiger partial charge in [-0.25, -0.2) is 0 Å². The number of hydrogen-bond acceptors (Lipinski definition) is 0. The molecular weight excluding hydrogens is 396 g/mol. The quantitative estimate of drug-likeness (QED) is 0.392. The summed E-state index contributed by atoms with van der Waals surface area (Å²) in [6.07, 6.45) is 8.87. The Morgan fingerprint density at radius 1 is 0.939 bits per heavy atom. The van der Waals surface area contributed by atoms with Crippen molar-refractivity contribution in [3.63, 3.8) is 0 Å². The molecule has 4 unspecified atom stereocenters. The molecule has 176 valence electrons. The van der Waals surface area contributed by atoms with Crippen LogP contribution < -0.4 is 0 Å². The maximum atomic E-state index is 4.26.